The Morgan fingerprint density at radius 2 is 2.06 bits per heavy atom. The van der Waals surface area contributed by atoms with Crippen LogP contribution in [0.1, 0.15) is 27.3 Å². The zero-order valence-corrected chi connectivity index (χ0v) is 10.6. The summed E-state index contributed by atoms with van der Waals surface area (Å²) >= 11 is 1.98. The molecule has 2 nitrogen and oxygen atoms in total. The molecule has 0 unspecified atom stereocenters. The Labute approximate surface area is 106 Å². The highest BCUT2D eigenvalue weighted by molar-refractivity contribution is 7.12. The van der Waals surface area contributed by atoms with E-state index in [1.54, 1.807) is 10.4 Å². The Kier molecular flexibility index (Phi) is 3.20. The van der Waals surface area contributed by atoms with E-state index in [0.717, 1.165) is 13.1 Å². The van der Waals surface area contributed by atoms with E-state index in [0.29, 0.717) is 0 Å². The lowest BCUT2D eigenvalue weighted by Gasteiger charge is -2.02. The highest BCUT2D eigenvalue weighted by Crippen LogP contribution is 2.30. The highest BCUT2D eigenvalue weighted by Gasteiger charge is 2.14. The lowest BCUT2D eigenvalue weighted by molar-refractivity contribution is 0.699. The van der Waals surface area contributed by atoms with Crippen LogP contribution in [0.2, 0.25) is 0 Å². The van der Waals surface area contributed by atoms with Gasteiger partial charge in [-0.3, -0.25) is 4.98 Å². The van der Waals surface area contributed by atoms with Crippen LogP contribution in [0.15, 0.2) is 30.6 Å². The summed E-state index contributed by atoms with van der Waals surface area (Å²) in [6.45, 7) is 1.91. The van der Waals surface area contributed by atoms with Crippen LogP contribution in [0.25, 0.3) is 0 Å². The molecule has 88 valence electrons. The Morgan fingerprint density at radius 1 is 1.18 bits per heavy atom. The molecule has 0 spiro atoms. The van der Waals surface area contributed by atoms with Gasteiger partial charge in [0.05, 0.1) is 0 Å². The number of nitrogens with zero attached hydrogens (tertiary/aromatic N) is 1. The molecule has 1 aliphatic carbocycles. The predicted octanol–water partition coefficient (Wildman–Crippen LogP) is 2.92. The van der Waals surface area contributed by atoms with Gasteiger partial charge in [0, 0.05) is 35.2 Å². The fourth-order valence-electron chi connectivity index (χ4n) is 2.31. The van der Waals surface area contributed by atoms with Gasteiger partial charge >= 0.3 is 0 Å². The summed E-state index contributed by atoms with van der Waals surface area (Å²) in [5.74, 6) is 0. The minimum absolute atomic E-state index is 0.922. The van der Waals surface area contributed by atoms with Crippen LogP contribution in [0.4, 0.5) is 0 Å². The molecular formula is C14H16N2S. The maximum absolute atomic E-state index is 4.02. The quantitative estimate of drug-likeness (QED) is 0.894. The maximum atomic E-state index is 4.02. The summed E-state index contributed by atoms with van der Waals surface area (Å²) < 4.78 is 0. The summed E-state index contributed by atoms with van der Waals surface area (Å²) in [7, 11) is 0. The molecule has 2 aromatic rings. The third kappa shape index (κ3) is 2.56. The van der Waals surface area contributed by atoms with Crippen LogP contribution in [0.3, 0.4) is 0 Å². The molecule has 0 amide bonds. The van der Waals surface area contributed by atoms with Crippen molar-refractivity contribution in [3.05, 3.63) is 51.5 Å². The fourth-order valence-corrected chi connectivity index (χ4v) is 3.54. The van der Waals surface area contributed by atoms with Gasteiger partial charge in [-0.2, -0.15) is 0 Å². The summed E-state index contributed by atoms with van der Waals surface area (Å²) in [5.41, 5.74) is 2.89. The number of aromatic nitrogens is 1. The van der Waals surface area contributed by atoms with Crippen LogP contribution >= 0.6 is 11.3 Å². The first-order valence-corrected chi connectivity index (χ1v) is 6.93. The molecule has 1 N–H and O–H groups in total. The molecule has 0 fully saturated rings. The normalized spacial score (nSPS) is 13.9. The van der Waals surface area contributed by atoms with Crippen LogP contribution in [0, 0.1) is 0 Å². The zero-order chi connectivity index (χ0) is 11.5. The van der Waals surface area contributed by atoms with Crippen LogP contribution in [-0.4, -0.2) is 4.98 Å². The second kappa shape index (κ2) is 4.98. The van der Waals surface area contributed by atoms with E-state index in [4.69, 9.17) is 0 Å². The van der Waals surface area contributed by atoms with E-state index in [9.17, 15) is 0 Å². The van der Waals surface area contributed by atoms with Crippen LogP contribution in [-0.2, 0) is 25.9 Å². The van der Waals surface area contributed by atoms with Gasteiger partial charge in [-0.05, 0) is 48.6 Å². The fraction of sp³-hybridized carbons (Fsp3) is 0.357. The number of nitrogens with one attached hydrogen (secondary N) is 1. The molecule has 0 atom stereocenters. The second-order valence-electron chi connectivity index (χ2n) is 4.47. The standard InChI is InChI=1S/C14H16N2S/c1-2-12-8-13(17-14(12)3-1)10-16-9-11-4-6-15-7-5-11/h4-8,16H,1-3,9-10H2. The third-order valence-electron chi connectivity index (χ3n) is 3.18. The second-order valence-corrected chi connectivity index (χ2v) is 5.69. The van der Waals surface area contributed by atoms with Gasteiger partial charge in [0.2, 0.25) is 0 Å². The first kappa shape index (κ1) is 10.9. The monoisotopic (exact) mass is 244 g/mol. The molecule has 0 aliphatic heterocycles. The summed E-state index contributed by atoms with van der Waals surface area (Å²) in [6.07, 6.45) is 7.62. The Bertz CT molecular complexity index is 469. The number of rotatable bonds is 4. The van der Waals surface area contributed by atoms with Crippen LogP contribution < -0.4 is 5.32 Å². The SMILES string of the molecule is c1cc(CNCc2cc3c(s2)CCC3)ccn1. The first-order chi connectivity index (χ1) is 8.42. The smallest absolute Gasteiger partial charge is 0.0303 e. The van der Waals surface area contributed by atoms with Crippen molar-refractivity contribution < 1.29 is 0 Å². The molecule has 0 bridgehead atoms. The van der Waals surface area contributed by atoms with Gasteiger partial charge in [0.25, 0.3) is 0 Å². The minimum Gasteiger partial charge on any atom is -0.308 e. The third-order valence-corrected chi connectivity index (χ3v) is 4.41. The van der Waals surface area contributed by atoms with Gasteiger partial charge in [-0.15, -0.1) is 11.3 Å². The van der Waals surface area contributed by atoms with Crippen molar-refractivity contribution in [2.24, 2.45) is 0 Å². The van der Waals surface area contributed by atoms with E-state index in [2.05, 4.69) is 28.5 Å². The van der Waals surface area contributed by atoms with E-state index in [1.165, 1.54) is 29.7 Å². The molecule has 2 aromatic heterocycles. The lowest BCUT2D eigenvalue weighted by atomic mass is 10.2. The van der Waals surface area contributed by atoms with Crippen molar-refractivity contribution in [3.63, 3.8) is 0 Å². The minimum atomic E-state index is 0.922. The van der Waals surface area contributed by atoms with Crippen molar-refractivity contribution in [1.82, 2.24) is 10.3 Å². The number of aryl methyl sites for hydroxylation is 2. The molecule has 0 saturated carbocycles. The number of hydrogen-bond donors (Lipinski definition) is 1. The van der Waals surface area contributed by atoms with Gasteiger partial charge in [-0.25, -0.2) is 0 Å². The average molecular weight is 244 g/mol. The molecule has 2 heterocycles. The van der Waals surface area contributed by atoms with E-state index in [1.807, 2.05) is 23.7 Å². The zero-order valence-electron chi connectivity index (χ0n) is 9.78. The highest BCUT2D eigenvalue weighted by atomic mass is 32.1. The number of hydrogen-bond acceptors (Lipinski definition) is 3. The summed E-state index contributed by atoms with van der Waals surface area (Å²) in [6, 6.07) is 6.50. The summed E-state index contributed by atoms with van der Waals surface area (Å²) in [5, 5.41) is 3.49. The van der Waals surface area contributed by atoms with E-state index in [-0.39, 0.29) is 0 Å². The van der Waals surface area contributed by atoms with Gasteiger partial charge in [-0.1, -0.05) is 0 Å². The van der Waals surface area contributed by atoms with Crippen molar-refractivity contribution >= 4 is 11.3 Å². The number of thiophene rings is 1. The molecule has 0 saturated heterocycles. The predicted molar refractivity (Wildman–Crippen MR) is 71.1 cm³/mol. The average Bonchev–Trinajstić information content (AvgIpc) is 2.91. The van der Waals surface area contributed by atoms with Gasteiger partial charge < -0.3 is 5.32 Å². The van der Waals surface area contributed by atoms with Crippen molar-refractivity contribution in [1.29, 1.82) is 0 Å². The van der Waals surface area contributed by atoms with Gasteiger partial charge in [0.15, 0.2) is 0 Å². The largest absolute Gasteiger partial charge is 0.308 e. The number of pyridine rings is 1. The lowest BCUT2D eigenvalue weighted by Crippen LogP contribution is -2.11. The maximum Gasteiger partial charge on any atom is 0.0303 e. The van der Waals surface area contributed by atoms with E-state index < -0.39 is 0 Å². The molecule has 17 heavy (non-hydrogen) atoms. The topological polar surface area (TPSA) is 24.9 Å². The molecule has 1 aliphatic rings. The first-order valence-electron chi connectivity index (χ1n) is 6.12. The Morgan fingerprint density at radius 3 is 2.88 bits per heavy atom. The van der Waals surface area contributed by atoms with Gasteiger partial charge in [0.1, 0.15) is 0 Å². The molecule has 0 aromatic carbocycles. The van der Waals surface area contributed by atoms with Crippen LogP contribution in [0.5, 0.6) is 0 Å². The Hall–Kier alpha value is -1.19. The van der Waals surface area contributed by atoms with Crippen molar-refractivity contribution in [3.8, 4) is 0 Å². The van der Waals surface area contributed by atoms with Crippen molar-refractivity contribution in [2.45, 2.75) is 32.4 Å². The molecule has 3 rings (SSSR count). The molecule has 0 radical (unpaired) electrons. The Balaban J connectivity index is 1.54. The van der Waals surface area contributed by atoms with Crippen molar-refractivity contribution in [2.75, 3.05) is 0 Å². The molecular weight excluding hydrogens is 228 g/mol. The number of fused-ring (bicyclic) bond motifs is 1. The molecule has 3 heteroatoms. The van der Waals surface area contributed by atoms with E-state index >= 15 is 0 Å². The summed E-state index contributed by atoms with van der Waals surface area (Å²) in [4.78, 5) is 7.11.